The number of rotatable bonds is 10. The number of carbonyl (C=O) groups is 1. The van der Waals surface area contributed by atoms with Gasteiger partial charge in [-0.15, -0.1) is 0 Å². The summed E-state index contributed by atoms with van der Waals surface area (Å²) in [5.41, 5.74) is 0. The molecule has 0 N–H and O–H groups in total. The van der Waals surface area contributed by atoms with Gasteiger partial charge in [0.25, 0.3) is 0 Å². The van der Waals surface area contributed by atoms with Crippen molar-refractivity contribution in [1.82, 2.24) is 0 Å². The molecule has 4 nitrogen and oxygen atoms in total. The molecule has 0 aliphatic heterocycles. The first kappa shape index (κ1) is 15.6. The van der Waals surface area contributed by atoms with Crippen molar-refractivity contribution < 1.29 is 18.3 Å². The summed E-state index contributed by atoms with van der Waals surface area (Å²) in [6.45, 7) is 2.57. The molecular formula is C11H21O4S-. The van der Waals surface area contributed by atoms with Gasteiger partial charge in [0.1, 0.15) is 0 Å². The van der Waals surface area contributed by atoms with E-state index in [1.165, 1.54) is 0 Å². The van der Waals surface area contributed by atoms with Crippen LogP contribution in [0.3, 0.4) is 0 Å². The Hall–Kier alpha value is -0.420. The monoisotopic (exact) mass is 249 g/mol. The van der Waals surface area contributed by atoms with Gasteiger partial charge in [-0.3, -0.25) is 9.00 Å². The Bertz CT molecular complexity index is 206. The van der Waals surface area contributed by atoms with Gasteiger partial charge in [-0.05, 0) is 19.3 Å². The van der Waals surface area contributed by atoms with Gasteiger partial charge in [-0.2, -0.15) is 0 Å². The van der Waals surface area contributed by atoms with Gasteiger partial charge >= 0.3 is 5.97 Å². The van der Waals surface area contributed by atoms with Crippen molar-refractivity contribution in [2.24, 2.45) is 0 Å². The minimum absolute atomic E-state index is 0.138. The van der Waals surface area contributed by atoms with Gasteiger partial charge in [0.15, 0.2) is 0 Å². The first-order valence-corrected chi connectivity index (χ1v) is 7.12. The van der Waals surface area contributed by atoms with E-state index in [4.69, 9.17) is 4.74 Å². The highest BCUT2D eigenvalue weighted by molar-refractivity contribution is 7.79. The van der Waals surface area contributed by atoms with Crippen LogP contribution >= 0.6 is 0 Å². The molecule has 1 unspecified atom stereocenters. The SMILES string of the molecule is CCCCOC(=O)CCCCCCS(=O)[O-]. The van der Waals surface area contributed by atoms with E-state index in [2.05, 4.69) is 0 Å². The highest BCUT2D eigenvalue weighted by Gasteiger charge is 2.01. The molecule has 1 atom stereocenters. The highest BCUT2D eigenvalue weighted by Crippen LogP contribution is 2.05. The predicted molar refractivity (Wildman–Crippen MR) is 62.7 cm³/mol. The van der Waals surface area contributed by atoms with Crippen molar-refractivity contribution in [3.05, 3.63) is 0 Å². The molecule has 0 saturated carbocycles. The second kappa shape index (κ2) is 11.1. The molecule has 0 fully saturated rings. The van der Waals surface area contributed by atoms with Gasteiger partial charge in [-0.1, -0.05) is 37.3 Å². The van der Waals surface area contributed by atoms with Crippen molar-refractivity contribution in [1.29, 1.82) is 0 Å². The molecular weight excluding hydrogens is 228 g/mol. The lowest BCUT2D eigenvalue weighted by molar-refractivity contribution is -0.143. The molecule has 5 heteroatoms. The summed E-state index contributed by atoms with van der Waals surface area (Å²) < 4.78 is 25.4. The summed E-state index contributed by atoms with van der Waals surface area (Å²) in [5, 5.41) is 0. The molecule has 0 spiro atoms. The normalized spacial score (nSPS) is 12.4. The predicted octanol–water partition coefficient (Wildman–Crippen LogP) is 2.16. The van der Waals surface area contributed by atoms with Crippen molar-refractivity contribution in [2.75, 3.05) is 12.4 Å². The largest absolute Gasteiger partial charge is 0.772 e. The Labute approximate surface area is 100 Å². The topological polar surface area (TPSA) is 66.4 Å². The van der Waals surface area contributed by atoms with Crippen molar-refractivity contribution in [3.8, 4) is 0 Å². The summed E-state index contributed by atoms with van der Waals surface area (Å²) in [6, 6.07) is 0. The quantitative estimate of drug-likeness (QED) is 0.338. The van der Waals surface area contributed by atoms with E-state index in [0.717, 1.165) is 32.1 Å². The molecule has 0 heterocycles. The van der Waals surface area contributed by atoms with E-state index >= 15 is 0 Å². The van der Waals surface area contributed by atoms with E-state index < -0.39 is 11.1 Å². The zero-order valence-corrected chi connectivity index (χ0v) is 10.7. The highest BCUT2D eigenvalue weighted by atomic mass is 32.2. The number of hydrogen-bond donors (Lipinski definition) is 0. The third-order valence-corrected chi connectivity index (χ3v) is 2.82. The summed E-state index contributed by atoms with van der Waals surface area (Å²) >= 11 is -1.93. The van der Waals surface area contributed by atoms with Gasteiger partial charge in [-0.25, -0.2) is 0 Å². The van der Waals surface area contributed by atoms with Crippen molar-refractivity contribution in [3.63, 3.8) is 0 Å². The number of carbonyl (C=O) groups excluding carboxylic acids is 1. The molecule has 96 valence electrons. The van der Waals surface area contributed by atoms with Gasteiger partial charge in [0, 0.05) is 12.2 Å². The van der Waals surface area contributed by atoms with Gasteiger partial charge in [0.2, 0.25) is 0 Å². The fourth-order valence-corrected chi connectivity index (χ4v) is 1.69. The van der Waals surface area contributed by atoms with Crippen LogP contribution in [0.2, 0.25) is 0 Å². The maximum Gasteiger partial charge on any atom is 0.305 e. The molecule has 0 aliphatic carbocycles. The maximum atomic E-state index is 11.1. The van der Waals surface area contributed by atoms with Crippen LogP contribution in [0.25, 0.3) is 0 Å². The molecule has 0 aromatic rings. The van der Waals surface area contributed by atoms with Gasteiger partial charge < -0.3 is 9.29 Å². The fraction of sp³-hybridized carbons (Fsp3) is 0.909. The Morgan fingerprint density at radius 1 is 1.19 bits per heavy atom. The van der Waals surface area contributed by atoms with Crippen LogP contribution in [0, 0.1) is 0 Å². The van der Waals surface area contributed by atoms with E-state index in [1.807, 2.05) is 6.92 Å². The molecule has 0 bridgehead atoms. The number of hydrogen-bond acceptors (Lipinski definition) is 4. The third-order valence-electron chi connectivity index (χ3n) is 2.20. The zero-order valence-electron chi connectivity index (χ0n) is 9.91. The number of ether oxygens (including phenoxy) is 1. The van der Waals surface area contributed by atoms with Gasteiger partial charge in [0.05, 0.1) is 6.61 Å². The maximum absolute atomic E-state index is 11.1. The van der Waals surface area contributed by atoms with E-state index in [1.54, 1.807) is 0 Å². The molecule has 0 aromatic heterocycles. The fourth-order valence-electron chi connectivity index (χ4n) is 1.25. The molecule has 0 radical (unpaired) electrons. The van der Waals surface area contributed by atoms with Crippen molar-refractivity contribution in [2.45, 2.75) is 51.9 Å². The summed E-state index contributed by atoms with van der Waals surface area (Å²) in [6.07, 6.45) is 5.61. The zero-order chi connectivity index (χ0) is 12.2. The smallest absolute Gasteiger partial charge is 0.305 e. The van der Waals surface area contributed by atoms with Crippen LogP contribution in [0.1, 0.15) is 51.9 Å². The average Bonchev–Trinajstić information content (AvgIpc) is 2.23. The first-order chi connectivity index (χ1) is 7.66. The lowest BCUT2D eigenvalue weighted by Crippen LogP contribution is -2.05. The first-order valence-electron chi connectivity index (χ1n) is 5.88. The van der Waals surface area contributed by atoms with Crippen LogP contribution in [-0.4, -0.2) is 27.1 Å². The van der Waals surface area contributed by atoms with Crippen molar-refractivity contribution >= 4 is 17.0 Å². The minimum Gasteiger partial charge on any atom is -0.772 e. The Morgan fingerprint density at radius 2 is 1.88 bits per heavy atom. The van der Waals surface area contributed by atoms with Crippen LogP contribution in [0.4, 0.5) is 0 Å². The Kier molecular flexibility index (Phi) is 10.8. The molecule has 0 aromatic carbocycles. The van der Waals surface area contributed by atoms with Crippen LogP contribution in [-0.2, 0) is 20.6 Å². The minimum atomic E-state index is -1.93. The molecule has 0 rings (SSSR count). The standard InChI is InChI=1S/C11H22O4S/c1-2-3-9-15-11(12)8-6-4-5-7-10-16(13)14/h2-10H2,1H3,(H,13,14)/p-1. The lowest BCUT2D eigenvalue weighted by Gasteiger charge is -2.05. The van der Waals surface area contributed by atoms with Crippen LogP contribution in [0.15, 0.2) is 0 Å². The van der Waals surface area contributed by atoms with E-state index in [0.29, 0.717) is 19.4 Å². The summed E-state index contributed by atoms with van der Waals surface area (Å²) in [5.74, 6) is 0.0851. The van der Waals surface area contributed by atoms with E-state index in [-0.39, 0.29) is 11.7 Å². The lowest BCUT2D eigenvalue weighted by atomic mass is 10.1. The summed E-state index contributed by atoms with van der Waals surface area (Å²) in [4.78, 5) is 11.1. The van der Waals surface area contributed by atoms with Crippen LogP contribution in [0.5, 0.6) is 0 Å². The summed E-state index contributed by atoms with van der Waals surface area (Å²) in [7, 11) is 0. The molecule has 0 aliphatic rings. The average molecular weight is 249 g/mol. The number of unbranched alkanes of at least 4 members (excludes halogenated alkanes) is 4. The van der Waals surface area contributed by atoms with Crippen LogP contribution < -0.4 is 0 Å². The Morgan fingerprint density at radius 3 is 2.50 bits per heavy atom. The Balaban J connectivity index is 3.18. The third kappa shape index (κ3) is 11.7. The number of esters is 1. The molecule has 0 saturated heterocycles. The second-order valence-electron chi connectivity index (χ2n) is 3.75. The van der Waals surface area contributed by atoms with E-state index in [9.17, 15) is 13.6 Å². The molecule has 0 amide bonds. The second-order valence-corrected chi connectivity index (χ2v) is 4.76. The molecule has 16 heavy (non-hydrogen) atoms.